The summed E-state index contributed by atoms with van der Waals surface area (Å²) in [5.41, 5.74) is 2.48. The van der Waals surface area contributed by atoms with Crippen LogP contribution in [0.5, 0.6) is 0 Å². The number of nitrogens with one attached hydrogen (secondary N) is 1. The Morgan fingerprint density at radius 1 is 1.32 bits per heavy atom. The normalized spacial score (nSPS) is 17.3. The molecule has 0 unspecified atom stereocenters. The summed E-state index contributed by atoms with van der Waals surface area (Å²) in [6.07, 6.45) is 2.59. The molecule has 1 saturated heterocycles. The van der Waals surface area contributed by atoms with Gasteiger partial charge in [-0.05, 0) is 49.7 Å². The lowest BCUT2D eigenvalue weighted by Gasteiger charge is -2.28. The maximum absolute atomic E-state index is 5.76. The molecule has 1 aromatic carbocycles. The zero-order valence-electron chi connectivity index (χ0n) is 13.8. The van der Waals surface area contributed by atoms with E-state index in [1.165, 1.54) is 11.3 Å². The summed E-state index contributed by atoms with van der Waals surface area (Å²) in [6.45, 7) is 5.48. The van der Waals surface area contributed by atoms with Crippen molar-refractivity contribution in [2.24, 2.45) is 0 Å². The van der Waals surface area contributed by atoms with Gasteiger partial charge in [0.2, 0.25) is 0 Å². The summed E-state index contributed by atoms with van der Waals surface area (Å²) >= 11 is 5.53. The van der Waals surface area contributed by atoms with E-state index in [0.717, 1.165) is 44.2 Å². The Kier molecular flexibility index (Phi) is 6.46. The summed E-state index contributed by atoms with van der Waals surface area (Å²) < 4.78 is 5.76. The third-order valence-electron chi connectivity index (χ3n) is 3.89. The first-order valence-corrected chi connectivity index (χ1v) is 8.41. The Hall–Kier alpha value is -1.33. The molecule has 4 nitrogen and oxygen atoms in total. The first-order chi connectivity index (χ1) is 10.6. The van der Waals surface area contributed by atoms with Gasteiger partial charge in [0.05, 0.1) is 6.10 Å². The zero-order chi connectivity index (χ0) is 15.9. The smallest absolute Gasteiger partial charge is 0.169 e. The molecule has 0 saturated carbocycles. The summed E-state index contributed by atoms with van der Waals surface area (Å²) in [4.78, 5) is 4.33. The van der Waals surface area contributed by atoms with Crippen LogP contribution < -0.4 is 10.2 Å². The van der Waals surface area contributed by atoms with E-state index in [2.05, 4.69) is 60.4 Å². The van der Waals surface area contributed by atoms with Crippen LogP contribution in [0.3, 0.4) is 0 Å². The highest BCUT2D eigenvalue weighted by Gasteiger charge is 2.20. The molecule has 0 bridgehead atoms. The predicted octanol–water partition coefficient (Wildman–Crippen LogP) is 2.63. The monoisotopic (exact) mass is 321 g/mol. The second-order valence-electron chi connectivity index (χ2n) is 5.91. The summed E-state index contributed by atoms with van der Waals surface area (Å²) in [6, 6.07) is 8.64. The van der Waals surface area contributed by atoms with E-state index in [9.17, 15) is 0 Å². The van der Waals surface area contributed by atoms with Crippen LogP contribution in [0.1, 0.15) is 25.3 Å². The summed E-state index contributed by atoms with van der Waals surface area (Å²) in [5.74, 6) is 0. The molecule has 0 amide bonds. The quantitative estimate of drug-likeness (QED) is 0.813. The fourth-order valence-corrected chi connectivity index (χ4v) is 2.92. The van der Waals surface area contributed by atoms with Gasteiger partial charge in [0, 0.05) is 46.0 Å². The summed E-state index contributed by atoms with van der Waals surface area (Å²) in [5, 5.41) is 4.08. The second-order valence-corrected chi connectivity index (χ2v) is 6.30. The maximum Gasteiger partial charge on any atom is 0.169 e. The molecule has 0 aliphatic carbocycles. The van der Waals surface area contributed by atoms with Gasteiger partial charge in [-0.15, -0.1) is 0 Å². The highest BCUT2D eigenvalue weighted by atomic mass is 32.1. The molecule has 0 spiro atoms. The first kappa shape index (κ1) is 17.0. The molecule has 0 radical (unpaired) electrons. The van der Waals surface area contributed by atoms with Gasteiger partial charge in [-0.2, -0.15) is 0 Å². The van der Waals surface area contributed by atoms with Crippen molar-refractivity contribution >= 4 is 23.0 Å². The van der Waals surface area contributed by atoms with E-state index in [1.807, 2.05) is 0 Å². The molecular weight excluding hydrogens is 294 g/mol. The SMILES string of the molecule is CCNC(=S)N(Cc1ccc(N(C)C)cc1)C[C@H]1CCCO1. The van der Waals surface area contributed by atoms with E-state index < -0.39 is 0 Å². The van der Waals surface area contributed by atoms with Crippen LogP contribution in [0, 0.1) is 0 Å². The molecule has 1 aromatic rings. The number of anilines is 1. The molecule has 1 aliphatic heterocycles. The zero-order valence-corrected chi connectivity index (χ0v) is 14.7. The number of benzene rings is 1. The molecule has 1 heterocycles. The number of hydrogen-bond donors (Lipinski definition) is 1. The molecule has 5 heteroatoms. The average molecular weight is 321 g/mol. The number of hydrogen-bond acceptors (Lipinski definition) is 3. The van der Waals surface area contributed by atoms with E-state index in [-0.39, 0.29) is 0 Å². The fraction of sp³-hybridized carbons (Fsp3) is 0.588. The van der Waals surface area contributed by atoms with Crippen molar-refractivity contribution in [1.29, 1.82) is 0 Å². The number of rotatable bonds is 6. The molecule has 22 heavy (non-hydrogen) atoms. The molecule has 1 aliphatic rings. The van der Waals surface area contributed by atoms with Crippen LogP contribution in [0.4, 0.5) is 5.69 Å². The van der Waals surface area contributed by atoms with Crippen LogP contribution in [0.25, 0.3) is 0 Å². The molecular formula is C17H27N3OS. The van der Waals surface area contributed by atoms with Crippen molar-refractivity contribution < 1.29 is 4.74 Å². The Labute approximate surface area is 139 Å². The molecule has 122 valence electrons. The Morgan fingerprint density at radius 3 is 2.59 bits per heavy atom. The van der Waals surface area contributed by atoms with Crippen LogP contribution >= 0.6 is 12.2 Å². The van der Waals surface area contributed by atoms with E-state index in [1.54, 1.807) is 0 Å². The van der Waals surface area contributed by atoms with Crippen molar-refractivity contribution in [1.82, 2.24) is 10.2 Å². The lowest BCUT2D eigenvalue weighted by atomic mass is 10.1. The lowest BCUT2D eigenvalue weighted by Crippen LogP contribution is -2.43. The molecule has 1 atom stereocenters. The number of ether oxygens (including phenoxy) is 1. The average Bonchev–Trinajstić information content (AvgIpc) is 3.00. The van der Waals surface area contributed by atoms with E-state index in [0.29, 0.717) is 6.10 Å². The van der Waals surface area contributed by atoms with Crippen molar-refractivity contribution in [3.8, 4) is 0 Å². The van der Waals surface area contributed by atoms with Gasteiger partial charge in [0.25, 0.3) is 0 Å². The minimum absolute atomic E-state index is 0.303. The lowest BCUT2D eigenvalue weighted by molar-refractivity contribution is 0.0898. The van der Waals surface area contributed by atoms with Gasteiger partial charge in [-0.25, -0.2) is 0 Å². The minimum atomic E-state index is 0.303. The van der Waals surface area contributed by atoms with Crippen molar-refractivity contribution in [2.75, 3.05) is 38.7 Å². The van der Waals surface area contributed by atoms with Gasteiger partial charge in [0.1, 0.15) is 0 Å². The van der Waals surface area contributed by atoms with Crippen LogP contribution in [-0.2, 0) is 11.3 Å². The second kappa shape index (κ2) is 8.34. The molecule has 0 aromatic heterocycles. The van der Waals surface area contributed by atoms with Crippen molar-refractivity contribution in [3.63, 3.8) is 0 Å². The van der Waals surface area contributed by atoms with Gasteiger partial charge in [-0.3, -0.25) is 0 Å². The number of nitrogens with zero attached hydrogens (tertiary/aromatic N) is 2. The molecule has 1 N–H and O–H groups in total. The molecule has 1 fully saturated rings. The first-order valence-electron chi connectivity index (χ1n) is 8.00. The highest BCUT2D eigenvalue weighted by molar-refractivity contribution is 7.80. The fourth-order valence-electron chi connectivity index (χ4n) is 2.64. The summed E-state index contributed by atoms with van der Waals surface area (Å²) in [7, 11) is 4.11. The Morgan fingerprint density at radius 2 is 2.05 bits per heavy atom. The third-order valence-corrected chi connectivity index (χ3v) is 4.29. The largest absolute Gasteiger partial charge is 0.378 e. The Balaban J connectivity index is 2.02. The van der Waals surface area contributed by atoms with Crippen molar-refractivity contribution in [2.45, 2.75) is 32.4 Å². The number of thiocarbonyl (C=S) groups is 1. The highest BCUT2D eigenvalue weighted by Crippen LogP contribution is 2.17. The minimum Gasteiger partial charge on any atom is -0.378 e. The molecule has 2 rings (SSSR count). The van der Waals surface area contributed by atoms with Crippen LogP contribution in [0.2, 0.25) is 0 Å². The standard InChI is InChI=1S/C17H27N3OS/c1-4-18-17(22)20(13-16-6-5-11-21-16)12-14-7-9-15(10-8-14)19(2)3/h7-10,16H,4-6,11-13H2,1-3H3,(H,18,22)/t16-/m1/s1. The van der Waals surface area contributed by atoms with E-state index in [4.69, 9.17) is 17.0 Å². The maximum atomic E-state index is 5.76. The van der Waals surface area contributed by atoms with Gasteiger partial charge in [0.15, 0.2) is 5.11 Å². The van der Waals surface area contributed by atoms with E-state index >= 15 is 0 Å². The topological polar surface area (TPSA) is 27.7 Å². The van der Waals surface area contributed by atoms with Gasteiger partial charge in [-0.1, -0.05) is 12.1 Å². The van der Waals surface area contributed by atoms with Gasteiger partial charge >= 0.3 is 0 Å². The van der Waals surface area contributed by atoms with Gasteiger partial charge < -0.3 is 19.9 Å². The van der Waals surface area contributed by atoms with Crippen LogP contribution in [-0.4, -0.2) is 49.9 Å². The third kappa shape index (κ3) is 4.85. The van der Waals surface area contributed by atoms with Crippen molar-refractivity contribution in [3.05, 3.63) is 29.8 Å². The predicted molar refractivity (Wildman–Crippen MR) is 96.4 cm³/mol. The Bertz CT molecular complexity index is 469. The van der Waals surface area contributed by atoms with Crippen LogP contribution in [0.15, 0.2) is 24.3 Å².